The Hall–Kier alpha value is -0.830. The van der Waals surface area contributed by atoms with Crippen LogP contribution in [0.1, 0.15) is 19.3 Å². The van der Waals surface area contributed by atoms with Gasteiger partial charge in [-0.1, -0.05) is 28.1 Å². The summed E-state index contributed by atoms with van der Waals surface area (Å²) in [5.41, 5.74) is 0.758. The van der Waals surface area contributed by atoms with Gasteiger partial charge < -0.3 is 4.74 Å². The Balaban J connectivity index is 2.77. The van der Waals surface area contributed by atoms with Crippen molar-refractivity contribution < 1.29 is 9.53 Å². The van der Waals surface area contributed by atoms with Gasteiger partial charge in [0.1, 0.15) is 0 Å². The van der Waals surface area contributed by atoms with Gasteiger partial charge in [-0.2, -0.15) is 0 Å². The molecule has 1 aliphatic rings. The first kappa shape index (κ1) is 12.2. The van der Waals surface area contributed by atoms with Crippen LogP contribution in [0.3, 0.4) is 0 Å². The highest BCUT2D eigenvalue weighted by Crippen LogP contribution is 2.30. The van der Waals surface area contributed by atoms with Gasteiger partial charge in [0.15, 0.2) is 0 Å². The standard InChI is InChI=1S/C12H15BrO2/c1-3-4-5-9-6-7-10(13)8-11(9)12(14)15-2/h3,7-9H,1,4-6H2,2H3. The number of hydrogen-bond acceptors (Lipinski definition) is 2. The molecular formula is C12H15BrO2. The number of allylic oxidation sites excluding steroid dienone is 4. The summed E-state index contributed by atoms with van der Waals surface area (Å²) in [7, 11) is 1.42. The van der Waals surface area contributed by atoms with Crippen molar-refractivity contribution in [2.75, 3.05) is 7.11 Å². The predicted octanol–water partition coefficient (Wildman–Crippen LogP) is 3.35. The van der Waals surface area contributed by atoms with Gasteiger partial charge in [0, 0.05) is 10.1 Å². The summed E-state index contributed by atoms with van der Waals surface area (Å²) >= 11 is 3.38. The van der Waals surface area contributed by atoms with Crippen molar-refractivity contribution in [3.05, 3.63) is 34.9 Å². The summed E-state index contributed by atoms with van der Waals surface area (Å²) in [5.74, 6) is 0.0332. The fraction of sp³-hybridized carbons (Fsp3) is 0.417. The molecule has 0 fully saturated rings. The average molecular weight is 271 g/mol. The second-order valence-corrected chi connectivity index (χ2v) is 4.39. The molecular weight excluding hydrogens is 256 g/mol. The Morgan fingerprint density at radius 3 is 3.13 bits per heavy atom. The van der Waals surface area contributed by atoms with Gasteiger partial charge in [-0.3, -0.25) is 0 Å². The lowest BCUT2D eigenvalue weighted by molar-refractivity contribution is -0.136. The summed E-state index contributed by atoms with van der Waals surface area (Å²) in [4.78, 5) is 11.5. The maximum absolute atomic E-state index is 11.5. The van der Waals surface area contributed by atoms with Gasteiger partial charge in [0.05, 0.1) is 7.11 Å². The predicted molar refractivity (Wildman–Crippen MR) is 64.6 cm³/mol. The summed E-state index contributed by atoms with van der Waals surface area (Å²) < 4.78 is 5.72. The molecule has 2 nitrogen and oxygen atoms in total. The molecule has 1 rings (SSSR count). The van der Waals surface area contributed by atoms with Crippen molar-refractivity contribution in [3.8, 4) is 0 Å². The first-order valence-corrected chi connectivity index (χ1v) is 5.74. The largest absolute Gasteiger partial charge is 0.466 e. The Bertz CT molecular complexity index is 316. The maximum atomic E-state index is 11.5. The minimum atomic E-state index is -0.228. The molecule has 0 aliphatic heterocycles. The molecule has 0 amide bonds. The van der Waals surface area contributed by atoms with E-state index >= 15 is 0 Å². The first-order valence-electron chi connectivity index (χ1n) is 4.95. The van der Waals surface area contributed by atoms with Crippen LogP contribution in [0.2, 0.25) is 0 Å². The van der Waals surface area contributed by atoms with Crippen LogP contribution < -0.4 is 0 Å². The van der Waals surface area contributed by atoms with Crippen molar-refractivity contribution in [2.24, 2.45) is 5.92 Å². The van der Waals surface area contributed by atoms with Crippen LogP contribution in [0.25, 0.3) is 0 Å². The van der Waals surface area contributed by atoms with E-state index < -0.39 is 0 Å². The van der Waals surface area contributed by atoms with Crippen LogP contribution in [0, 0.1) is 5.92 Å². The molecule has 15 heavy (non-hydrogen) atoms. The molecule has 0 heterocycles. The van der Waals surface area contributed by atoms with Crippen molar-refractivity contribution in [1.82, 2.24) is 0 Å². The van der Waals surface area contributed by atoms with Gasteiger partial charge >= 0.3 is 5.97 Å². The number of methoxy groups -OCH3 is 1. The van der Waals surface area contributed by atoms with Gasteiger partial charge in [-0.15, -0.1) is 6.58 Å². The van der Waals surface area contributed by atoms with E-state index in [1.54, 1.807) is 0 Å². The molecule has 0 aromatic carbocycles. The molecule has 3 heteroatoms. The number of ether oxygens (including phenoxy) is 1. The van der Waals surface area contributed by atoms with E-state index in [4.69, 9.17) is 4.74 Å². The minimum absolute atomic E-state index is 0.228. The van der Waals surface area contributed by atoms with E-state index in [1.165, 1.54) is 7.11 Å². The van der Waals surface area contributed by atoms with E-state index in [0.717, 1.165) is 29.3 Å². The van der Waals surface area contributed by atoms with E-state index in [0.29, 0.717) is 0 Å². The fourth-order valence-corrected chi connectivity index (χ4v) is 2.08. The number of hydrogen-bond donors (Lipinski definition) is 0. The highest BCUT2D eigenvalue weighted by atomic mass is 79.9. The third-order valence-electron chi connectivity index (χ3n) is 2.47. The second-order valence-electron chi connectivity index (χ2n) is 3.48. The number of carbonyl (C=O) groups is 1. The molecule has 1 atom stereocenters. The molecule has 82 valence electrons. The molecule has 0 aromatic rings. The number of rotatable bonds is 4. The molecule has 0 radical (unpaired) electrons. The van der Waals surface area contributed by atoms with E-state index in [9.17, 15) is 4.79 Å². The van der Waals surface area contributed by atoms with Gasteiger partial charge in [0.25, 0.3) is 0 Å². The van der Waals surface area contributed by atoms with Crippen molar-refractivity contribution in [1.29, 1.82) is 0 Å². The third-order valence-corrected chi connectivity index (χ3v) is 3.02. The van der Waals surface area contributed by atoms with Crippen molar-refractivity contribution >= 4 is 21.9 Å². The molecule has 0 bridgehead atoms. The number of carbonyl (C=O) groups excluding carboxylic acids is 1. The minimum Gasteiger partial charge on any atom is -0.466 e. The van der Waals surface area contributed by atoms with Crippen LogP contribution in [-0.2, 0) is 9.53 Å². The lowest BCUT2D eigenvalue weighted by atomic mass is 9.87. The van der Waals surface area contributed by atoms with E-state index in [2.05, 4.69) is 28.6 Å². The Labute approximate surface area is 98.8 Å². The van der Waals surface area contributed by atoms with Crippen LogP contribution in [0.4, 0.5) is 0 Å². The van der Waals surface area contributed by atoms with Crippen molar-refractivity contribution in [2.45, 2.75) is 19.3 Å². The smallest absolute Gasteiger partial charge is 0.334 e. The highest BCUT2D eigenvalue weighted by molar-refractivity contribution is 9.11. The van der Waals surface area contributed by atoms with E-state index in [1.807, 2.05) is 12.2 Å². The lowest BCUT2D eigenvalue weighted by Crippen LogP contribution is -2.16. The summed E-state index contributed by atoms with van der Waals surface area (Å²) in [6.45, 7) is 3.69. The zero-order chi connectivity index (χ0) is 11.3. The van der Waals surface area contributed by atoms with Crippen LogP contribution in [0.5, 0.6) is 0 Å². The second kappa shape index (κ2) is 5.91. The quantitative estimate of drug-likeness (QED) is 0.579. The van der Waals surface area contributed by atoms with Gasteiger partial charge in [0.2, 0.25) is 0 Å². The number of esters is 1. The maximum Gasteiger partial charge on any atom is 0.334 e. The monoisotopic (exact) mass is 270 g/mol. The first-order chi connectivity index (χ1) is 7.19. The van der Waals surface area contributed by atoms with Gasteiger partial charge in [-0.25, -0.2) is 4.79 Å². The summed E-state index contributed by atoms with van der Waals surface area (Å²) in [6, 6.07) is 0. The molecule has 0 saturated heterocycles. The summed E-state index contributed by atoms with van der Waals surface area (Å²) in [6.07, 6.45) is 8.56. The third kappa shape index (κ3) is 3.34. The zero-order valence-corrected chi connectivity index (χ0v) is 10.4. The Morgan fingerprint density at radius 2 is 2.53 bits per heavy atom. The zero-order valence-electron chi connectivity index (χ0n) is 8.83. The van der Waals surface area contributed by atoms with Gasteiger partial charge in [-0.05, 0) is 31.3 Å². The lowest BCUT2D eigenvalue weighted by Gasteiger charge is -2.20. The fourth-order valence-electron chi connectivity index (χ4n) is 1.64. The van der Waals surface area contributed by atoms with Crippen LogP contribution >= 0.6 is 15.9 Å². The molecule has 0 aromatic heterocycles. The Morgan fingerprint density at radius 1 is 1.80 bits per heavy atom. The highest BCUT2D eigenvalue weighted by Gasteiger charge is 2.23. The molecule has 1 aliphatic carbocycles. The normalized spacial score (nSPS) is 20.3. The average Bonchev–Trinajstić information content (AvgIpc) is 2.26. The topological polar surface area (TPSA) is 26.3 Å². The molecule has 0 saturated carbocycles. The van der Waals surface area contributed by atoms with E-state index in [-0.39, 0.29) is 11.9 Å². The van der Waals surface area contributed by atoms with Crippen molar-refractivity contribution in [3.63, 3.8) is 0 Å². The molecule has 1 unspecified atom stereocenters. The molecule has 0 spiro atoms. The summed E-state index contributed by atoms with van der Waals surface area (Å²) in [5, 5.41) is 0. The SMILES string of the molecule is C=CCCC1CC=C(Br)C=C1C(=O)OC. The Kier molecular flexibility index (Phi) is 4.82. The van der Waals surface area contributed by atoms with Crippen LogP contribution in [0.15, 0.2) is 34.9 Å². The van der Waals surface area contributed by atoms with Crippen LogP contribution in [-0.4, -0.2) is 13.1 Å². The number of halogens is 1. The molecule has 0 N–H and O–H groups in total.